The molecule has 0 bridgehead atoms. The summed E-state index contributed by atoms with van der Waals surface area (Å²) < 4.78 is 4.76. The van der Waals surface area contributed by atoms with Gasteiger partial charge in [0.2, 0.25) is 0 Å². The van der Waals surface area contributed by atoms with Gasteiger partial charge in [-0.3, -0.25) is 0 Å². The van der Waals surface area contributed by atoms with E-state index in [0.29, 0.717) is 11.1 Å². The number of nitrogens with one attached hydrogen (secondary N) is 1. The molecule has 1 aliphatic heterocycles. The van der Waals surface area contributed by atoms with Gasteiger partial charge in [-0.2, -0.15) is 0 Å². The van der Waals surface area contributed by atoms with Crippen molar-refractivity contribution in [2.45, 2.75) is 29.6 Å². The number of H-pyrrole nitrogens is 1. The molecule has 1 aliphatic rings. The van der Waals surface area contributed by atoms with Crippen LogP contribution in [0.15, 0.2) is 17.1 Å². The number of aromatic nitrogens is 1. The summed E-state index contributed by atoms with van der Waals surface area (Å²) in [5, 5.41) is 11.3. The number of thiophene rings is 2. The molecule has 4 nitrogen and oxygen atoms in total. The Bertz CT molecular complexity index is 1190. The van der Waals surface area contributed by atoms with Crippen LogP contribution in [0.3, 0.4) is 0 Å². The fourth-order valence-electron chi connectivity index (χ4n) is 3.06. The Morgan fingerprint density at radius 1 is 1.00 bits per heavy atom. The number of rotatable bonds is 3. The third-order valence-corrected chi connectivity index (χ3v) is 25.7. The summed E-state index contributed by atoms with van der Waals surface area (Å²) in [6.45, 7) is 0. The van der Waals surface area contributed by atoms with Crippen molar-refractivity contribution in [3.05, 3.63) is 27.6 Å². The second-order valence-corrected chi connectivity index (χ2v) is 41.8. The number of aromatic hydroxyl groups is 1. The molecule has 0 radical (unpaired) electrons. The zero-order valence-electron chi connectivity index (χ0n) is 15.8. The van der Waals surface area contributed by atoms with Crippen LogP contribution < -0.4 is 15.7 Å². The molecule has 0 spiro atoms. The van der Waals surface area contributed by atoms with Crippen molar-refractivity contribution in [3.8, 4) is 5.88 Å². The molecule has 2 N–H and O–H groups in total. The Kier molecular flexibility index (Phi) is 4.45. The number of hydrogen-bond acceptors (Lipinski definition) is 4. The van der Waals surface area contributed by atoms with Crippen LogP contribution in [0.5, 0.6) is 5.88 Å². The summed E-state index contributed by atoms with van der Waals surface area (Å²) in [5.74, 6) is -0.144. The fourth-order valence-corrected chi connectivity index (χ4v) is 15.8. The number of aromatic amines is 1. The zero-order valence-corrected chi connectivity index (χ0v) is 23.1. The average molecular weight is 600 g/mol. The molecule has 0 saturated heterocycles. The average Bonchev–Trinajstić information content (AvgIpc) is 3.17. The van der Waals surface area contributed by atoms with Crippen molar-refractivity contribution in [1.29, 1.82) is 0 Å². The monoisotopic (exact) mass is 602 g/mol. The molecule has 0 aliphatic carbocycles. The first-order valence-electron chi connectivity index (χ1n) is 8.60. The van der Waals surface area contributed by atoms with E-state index < -0.39 is 36.8 Å². The maximum absolute atomic E-state index is 12.7. The number of amides is 1. The summed E-state index contributed by atoms with van der Waals surface area (Å²) >= 11 is -1.02. The number of nitrogens with zero attached hydrogens (tertiary/aromatic N) is 1. The molecular weight excluding hydrogens is 578 g/mol. The topological polar surface area (TPSA) is 65.4 Å². The van der Waals surface area contributed by atoms with Crippen molar-refractivity contribution < 1.29 is 9.90 Å². The molecule has 3 aromatic heterocycles. The fraction of sp³-hybridized carbons (Fsp3) is 0.333. The second kappa shape index (κ2) is 6.09. The van der Waals surface area contributed by atoms with Crippen LogP contribution in [-0.2, 0) is 4.79 Å². The van der Waals surface area contributed by atoms with E-state index in [1.54, 1.807) is 22.7 Å². The van der Waals surface area contributed by atoms with E-state index in [1.165, 1.54) is 5.79 Å². The van der Waals surface area contributed by atoms with Crippen LogP contribution in [0.2, 0.25) is 29.6 Å². The van der Waals surface area contributed by atoms with Gasteiger partial charge >= 0.3 is 170 Å². The molecule has 4 heterocycles. The van der Waals surface area contributed by atoms with Gasteiger partial charge in [0.15, 0.2) is 0 Å². The van der Waals surface area contributed by atoms with Crippen molar-refractivity contribution in [2.75, 3.05) is 0 Å². The molecule has 136 valence electrons. The number of carbonyl (C=O) groups is 1. The molecule has 1 amide bonds. The van der Waals surface area contributed by atoms with E-state index in [9.17, 15) is 9.90 Å². The van der Waals surface area contributed by atoms with Gasteiger partial charge in [0, 0.05) is 0 Å². The molecule has 8 heteroatoms. The first-order chi connectivity index (χ1) is 12.0. The Morgan fingerprint density at radius 3 is 2.23 bits per heavy atom. The van der Waals surface area contributed by atoms with Crippen LogP contribution >= 0.6 is 22.7 Å². The van der Waals surface area contributed by atoms with Crippen LogP contribution in [0.4, 0.5) is 0 Å². The van der Waals surface area contributed by atoms with Gasteiger partial charge in [0.05, 0.1) is 0 Å². The normalized spacial score (nSPS) is 15.0. The van der Waals surface area contributed by atoms with Crippen molar-refractivity contribution in [2.24, 2.45) is 4.99 Å². The second-order valence-electron chi connectivity index (χ2n) is 8.82. The first-order valence-corrected chi connectivity index (χ1v) is 30.2. The maximum atomic E-state index is 12.7. The van der Waals surface area contributed by atoms with Gasteiger partial charge in [-0.25, -0.2) is 0 Å². The number of fused-ring (bicyclic) bond motifs is 2. The summed E-state index contributed by atoms with van der Waals surface area (Å²) in [5.41, 5.74) is 2.16. The molecule has 0 atom stereocenters. The Hall–Kier alpha value is -0.323. The molecule has 0 saturated carbocycles. The molecule has 26 heavy (non-hydrogen) atoms. The zero-order chi connectivity index (χ0) is 19.0. The van der Waals surface area contributed by atoms with Gasteiger partial charge in [0.1, 0.15) is 0 Å². The summed E-state index contributed by atoms with van der Waals surface area (Å²) in [4.78, 5) is 34.3. The molecule has 4 rings (SSSR count). The van der Waals surface area contributed by atoms with Crippen LogP contribution in [-0.4, -0.2) is 52.8 Å². The molecular formula is C18H22N2O2S2Sn2. The summed E-state index contributed by atoms with van der Waals surface area (Å²) in [6, 6.07) is 4.27. The van der Waals surface area contributed by atoms with Crippen molar-refractivity contribution in [1.82, 2.24) is 4.98 Å². The van der Waals surface area contributed by atoms with Crippen molar-refractivity contribution >= 4 is 86.9 Å². The van der Waals surface area contributed by atoms with Crippen molar-refractivity contribution in [3.63, 3.8) is 0 Å². The van der Waals surface area contributed by atoms with Gasteiger partial charge in [0.25, 0.3) is 0 Å². The van der Waals surface area contributed by atoms with Gasteiger partial charge in [-0.15, -0.1) is 0 Å². The predicted molar refractivity (Wildman–Crippen MR) is 116 cm³/mol. The Balaban J connectivity index is 2.03. The standard InChI is InChI=1S/C12H4N2O2S2.6CH3.2Sn/c15-11-7(9-5(13-11)1-3-17-9)8-10-6(2-4-18-10)14-12(8)16;;;;;;;;/h1-2,13,15H;6*1H3;;. The SMILES string of the molecule is [CH3][Sn]([CH3])([CH3])[c]1cc2c(s1)=C(c1c(O)[nH]c3c[c]([Sn]([CH3])([CH3])[CH3])sc13)C(=O)N=2. The minimum absolute atomic E-state index is 0.0857. The van der Waals surface area contributed by atoms with E-state index in [1.807, 2.05) is 0 Å². The Morgan fingerprint density at radius 2 is 1.62 bits per heavy atom. The van der Waals surface area contributed by atoms with Gasteiger partial charge in [-0.05, 0) is 0 Å². The molecule has 0 fully saturated rings. The van der Waals surface area contributed by atoms with Gasteiger partial charge < -0.3 is 0 Å². The molecule has 0 aromatic carbocycles. The molecule has 0 unspecified atom stereocenters. The quantitative estimate of drug-likeness (QED) is 0.455. The third-order valence-electron chi connectivity index (χ3n) is 4.55. The number of hydrogen-bond donors (Lipinski definition) is 2. The van der Waals surface area contributed by atoms with E-state index in [0.717, 1.165) is 20.1 Å². The predicted octanol–water partition coefficient (Wildman–Crippen LogP) is 2.45. The van der Waals surface area contributed by atoms with Gasteiger partial charge in [-0.1, -0.05) is 0 Å². The third kappa shape index (κ3) is 3.00. The van der Waals surface area contributed by atoms with Crippen LogP contribution in [0.1, 0.15) is 5.56 Å². The van der Waals surface area contributed by atoms with E-state index >= 15 is 0 Å². The number of carbonyl (C=O) groups excluding carboxylic acids is 1. The van der Waals surface area contributed by atoms with Crippen LogP contribution in [0, 0.1) is 0 Å². The first kappa shape index (κ1) is 19.0. The van der Waals surface area contributed by atoms with Crippen LogP contribution in [0.25, 0.3) is 15.8 Å². The van der Waals surface area contributed by atoms with E-state index in [-0.39, 0.29) is 11.8 Å². The summed E-state index contributed by atoms with van der Waals surface area (Å²) in [6.07, 6.45) is 0. The Labute approximate surface area is 168 Å². The minimum atomic E-state index is -2.23. The van der Waals surface area contributed by atoms with E-state index in [4.69, 9.17) is 0 Å². The van der Waals surface area contributed by atoms with E-state index in [2.05, 4.69) is 51.7 Å². The summed E-state index contributed by atoms with van der Waals surface area (Å²) in [7, 11) is 0. The molecule has 3 aromatic rings.